The van der Waals surface area contributed by atoms with Crippen molar-refractivity contribution in [3.8, 4) is 11.3 Å². The van der Waals surface area contributed by atoms with E-state index in [9.17, 15) is 4.79 Å². The molecular formula is C17H17N3O. The summed E-state index contributed by atoms with van der Waals surface area (Å²) in [6.45, 7) is 0. The van der Waals surface area contributed by atoms with Gasteiger partial charge in [-0.1, -0.05) is 30.3 Å². The van der Waals surface area contributed by atoms with E-state index in [1.54, 1.807) is 7.05 Å². The first kappa shape index (κ1) is 13.4. The van der Waals surface area contributed by atoms with Crippen LogP contribution in [0.3, 0.4) is 0 Å². The molecule has 1 heterocycles. The topological polar surface area (TPSA) is 38.1 Å². The molecule has 106 valence electrons. The number of hydrogen-bond donors (Lipinski definition) is 0. The van der Waals surface area contributed by atoms with E-state index in [1.165, 1.54) is 4.68 Å². The molecule has 0 saturated carbocycles. The van der Waals surface area contributed by atoms with Crippen LogP contribution in [-0.2, 0) is 7.05 Å². The van der Waals surface area contributed by atoms with Crippen molar-refractivity contribution in [3.05, 3.63) is 58.9 Å². The van der Waals surface area contributed by atoms with Crippen molar-refractivity contribution in [2.24, 2.45) is 7.05 Å². The quantitative estimate of drug-likeness (QED) is 0.724. The number of rotatable bonds is 2. The van der Waals surface area contributed by atoms with Gasteiger partial charge in [-0.2, -0.15) is 5.10 Å². The molecule has 0 radical (unpaired) electrons. The Morgan fingerprint density at radius 1 is 0.952 bits per heavy atom. The van der Waals surface area contributed by atoms with E-state index in [4.69, 9.17) is 0 Å². The van der Waals surface area contributed by atoms with Crippen molar-refractivity contribution in [2.75, 3.05) is 19.0 Å². The van der Waals surface area contributed by atoms with Crippen LogP contribution in [0, 0.1) is 0 Å². The number of aromatic nitrogens is 2. The van der Waals surface area contributed by atoms with Gasteiger partial charge in [-0.15, -0.1) is 0 Å². The fourth-order valence-electron chi connectivity index (χ4n) is 2.43. The number of aryl methyl sites for hydroxylation is 1. The normalized spacial score (nSPS) is 10.8. The zero-order chi connectivity index (χ0) is 15.0. The molecule has 0 N–H and O–H groups in total. The van der Waals surface area contributed by atoms with Gasteiger partial charge in [-0.05, 0) is 18.2 Å². The van der Waals surface area contributed by atoms with E-state index in [-0.39, 0.29) is 5.56 Å². The lowest BCUT2D eigenvalue weighted by Crippen LogP contribution is -2.20. The molecule has 2 aromatic carbocycles. The standard InChI is InChI=1S/C17H17N3O/c1-19(2)13-10-8-12(9-11-13)16-14-6-4-5-7-15(14)17(21)20(3)18-16/h4-11H,1-3H3. The maximum atomic E-state index is 12.1. The first-order valence-electron chi connectivity index (χ1n) is 6.82. The summed E-state index contributed by atoms with van der Waals surface area (Å²) >= 11 is 0. The lowest BCUT2D eigenvalue weighted by Gasteiger charge is -2.13. The number of anilines is 1. The third kappa shape index (κ3) is 2.29. The van der Waals surface area contributed by atoms with Gasteiger partial charge < -0.3 is 4.90 Å². The summed E-state index contributed by atoms with van der Waals surface area (Å²) in [5, 5.41) is 6.02. The highest BCUT2D eigenvalue weighted by Gasteiger charge is 2.10. The summed E-state index contributed by atoms with van der Waals surface area (Å²) in [6, 6.07) is 15.8. The van der Waals surface area contributed by atoms with Gasteiger partial charge in [0.2, 0.25) is 0 Å². The average Bonchev–Trinajstić information content (AvgIpc) is 2.51. The second-order valence-corrected chi connectivity index (χ2v) is 5.26. The Labute approximate surface area is 123 Å². The van der Waals surface area contributed by atoms with Crippen LogP contribution in [0.1, 0.15) is 0 Å². The Morgan fingerprint density at radius 3 is 2.19 bits per heavy atom. The Hall–Kier alpha value is -2.62. The molecule has 21 heavy (non-hydrogen) atoms. The number of nitrogens with zero attached hydrogens (tertiary/aromatic N) is 3. The van der Waals surface area contributed by atoms with Gasteiger partial charge in [-0.25, -0.2) is 4.68 Å². The van der Waals surface area contributed by atoms with Gasteiger partial charge in [0.05, 0.1) is 11.1 Å². The molecule has 0 aliphatic heterocycles. The molecule has 0 atom stereocenters. The Kier molecular flexibility index (Phi) is 3.22. The molecule has 4 heteroatoms. The van der Waals surface area contributed by atoms with Gasteiger partial charge >= 0.3 is 0 Å². The molecule has 0 bridgehead atoms. The van der Waals surface area contributed by atoms with Gasteiger partial charge in [0.15, 0.2) is 0 Å². The van der Waals surface area contributed by atoms with E-state index < -0.39 is 0 Å². The van der Waals surface area contributed by atoms with Gasteiger partial charge in [-0.3, -0.25) is 4.79 Å². The molecule has 0 fully saturated rings. The first-order chi connectivity index (χ1) is 10.1. The minimum Gasteiger partial charge on any atom is -0.378 e. The smallest absolute Gasteiger partial charge is 0.274 e. The second kappa shape index (κ2) is 5.05. The Balaban J connectivity index is 2.25. The van der Waals surface area contributed by atoms with Crippen molar-refractivity contribution in [1.82, 2.24) is 9.78 Å². The van der Waals surface area contributed by atoms with Crippen molar-refractivity contribution < 1.29 is 0 Å². The fourth-order valence-corrected chi connectivity index (χ4v) is 2.43. The molecule has 0 saturated heterocycles. The summed E-state index contributed by atoms with van der Waals surface area (Å²) in [6.07, 6.45) is 0. The third-order valence-electron chi connectivity index (χ3n) is 3.61. The minimum atomic E-state index is -0.0701. The predicted octanol–water partition coefficient (Wildman–Crippen LogP) is 2.67. The summed E-state index contributed by atoms with van der Waals surface area (Å²) in [5.74, 6) is 0. The van der Waals surface area contributed by atoms with Crippen LogP contribution in [0.2, 0.25) is 0 Å². The van der Waals surface area contributed by atoms with Gasteiger partial charge in [0.25, 0.3) is 5.56 Å². The van der Waals surface area contributed by atoms with Crippen molar-refractivity contribution in [1.29, 1.82) is 0 Å². The molecule has 0 spiro atoms. The first-order valence-corrected chi connectivity index (χ1v) is 6.82. The summed E-state index contributed by atoms with van der Waals surface area (Å²) in [7, 11) is 5.70. The van der Waals surface area contributed by atoms with Crippen LogP contribution in [0.5, 0.6) is 0 Å². The highest BCUT2D eigenvalue weighted by molar-refractivity contribution is 5.93. The molecule has 0 aliphatic rings. The molecule has 0 unspecified atom stereocenters. The van der Waals surface area contributed by atoms with E-state index in [1.807, 2.05) is 50.5 Å². The molecule has 0 amide bonds. The highest BCUT2D eigenvalue weighted by Crippen LogP contribution is 2.26. The molecule has 0 aliphatic carbocycles. The SMILES string of the molecule is CN(C)c1ccc(-c2nn(C)c(=O)c3ccccc23)cc1. The Bertz CT molecular complexity index is 848. The van der Waals surface area contributed by atoms with E-state index in [0.29, 0.717) is 5.39 Å². The minimum absolute atomic E-state index is 0.0701. The maximum Gasteiger partial charge on any atom is 0.274 e. The van der Waals surface area contributed by atoms with Gasteiger partial charge in [0.1, 0.15) is 0 Å². The predicted molar refractivity (Wildman–Crippen MR) is 86.7 cm³/mol. The summed E-state index contributed by atoms with van der Waals surface area (Å²) in [5.41, 5.74) is 2.90. The van der Waals surface area contributed by atoms with Crippen LogP contribution in [0.15, 0.2) is 53.3 Å². The van der Waals surface area contributed by atoms with Crippen LogP contribution in [-0.4, -0.2) is 23.9 Å². The number of hydrogen-bond acceptors (Lipinski definition) is 3. The third-order valence-corrected chi connectivity index (χ3v) is 3.61. The second-order valence-electron chi connectivity index (χ2n) is 5.26. The van der Waals surface area contributed by atoms with Crippen LogP contribution in [0.4, 0.5) is 5.69 Å². The van der Waals surface area contributed by atoms with Crippen LogP contribution >= 0.6 is 0 Å². The Morgan fingerprint density at radius 2 is 1.57 bits per heavy atom. The van der Waals surface area contributed by atoms with E-state index in [2.05, 4.69) is 22.1 Å². The monoisotopic (exact) mass is 279 g/mol. The van der Waals surface area contributed by atoms with Crippen molar-refractivity contribution in [2.45, 2.75) is 0 Å². The van der Waals surface area contributed by atoms with E-state index in [0.717, 1.165) is 22.3 Å². The fraction of sp³-hybridized carbons (Fsp3) is 0.176. The van der Waals surface area contributed by atoms with Crippen molar-refractivity contribution in [3.63, 3.8) is 0 Å². The average molecular weight is 279 g/mol. The maximum absolute atomic E-state index is 12.1. The van der Waals surface area contributed by atoms with Crippen LogP contribution < -0.4 is 10.5 Å². The summed E-state index contributed by atoms with van der Waals surface area (Å²) < 4.78 is 1.40. The zero-order valence-corrected chi connectivity index (χ0v) is 12.4. The molecule has 3 aromatic rings. The number of fused-ring (bicyclic) bond motifs is 1. The van der Waals surface area contributed by atoms with Crippen LogP contribution in [0.25, 0.3) is 22.0 Å². The molecule has 3 rings (SSSR count). The largest absolute Gasteiger partial charge is 0.378 e. The lowest BCUT2D eigenvalue weighted by atomic mass is 10.0. The number of benzene rings is 2. The van der Waals surface area contributed by atoms with E-state index >= 15 is 0 Å². The zero-order valence-electron chi connectivity index (χ0n) is 12.4. The van der Waals surface area contributed by atoms with Gasteiger partial charge in [0, 0.05) is 37.8 Å². The molecule has 4 nitrogen and oxygen atoms in total. The summed E-state index contributed by atoms with van der Waals surface area (Å²) in [4.78, 5) is 14.2. The highest BCUT2D eigenvalue weighted by atomic mass is 16.1. The lowest BCUT2D eigenvalue weighted by molar-refractivity contribution is 0.722. The molecule has 1 aromatic heterocycles. The molecular weight excluding hydrogens is 262 g/mol. The van der Waals surface area contributed by atoms with Crippen molar-refractivity contribution >= 4 is 16.5 Å².